The molecule has 0 spiro atoms. The number of benzene rings is 1. The molecule has 2 atom stereocenters. The van der Waals surface area contributed by atoms with Crippen LogP contribution in [-0.4, -0.2) is 52.4 Å². The fourth-order valence-corrected chi connectivity index (χ4v) is 3.99. The average Bonchev–Trinajstić information content (AvgIpc) is 3.47. The van der Waals surface area contributed by atoms with Gasteiger partial charge in [-0.1, -0.05) is 44.1 Å². The number of hydrogen-bond acceptors (Lipinski definition) is 5. The lowest BCUT2D eigenvalue weighted by Crippen LogP contribution is -2.60. The minimum absolute atomic E-state index is 0.0276. The Balaban J connectivity index is 0.000000340. The Morgan fingerprint density at radius 2 is 1.79 bits per heavy atom. The molecule has 8 heteroatoms. The largest absolute Gasteiger partial charge is 0.355 e. The second-order valence-corrected chi connectivity index (χ2v) is 11.4. The highest BCUT2D eigenvalue weighted by Crippen LogP contribution is 2.23. The third kappa shape index (κ3) is 7.94. The van der Waals surface area contributed by atoms with Crippen LogP contribution in [0.25, 0.3) is 11.3 Å². The van der Waals surface area contributed by atoms with Crippen LogP contribution in [0.5, 0.6) is 0 Å². The fraction of sp³-hybridized carbons (Fsp3) is 0.423. The average molecular weight is 596 g/mol. The molecule has 6 nitrogen and oxygen atoms in total. The van der Waals surface area contributed by atoms with Crippen molar-refractivity contribution >= 4 is 45.7 Å². The molecule has 3 heterocycles. The van der Waals surface area contributed by atoms with E-state index in [9.17, 15) is 9.59 Å². The monoisotopic (exact) mass is 595 g/mol. The molecule has 0 N–H and O–H groups in total. The first kappa shape index (κ1) is 28.0. The highest BCUT2D eigenvalue weighted by molar-refractivity contribution is 14.1. The topological polar surface area (TPSA) is 66.7 Å². The van der Waals surface area contributed by atoms with Crippen molar-refractivity contribution < 1.29 is 14.1 Å². The molecule has 0 radical (unpaired) electrons. The summed E-state index contributed by atoms with van der Waals surface area (Å²) in [5.41, 5.74) is 1.08. The fourth-order valence-electron chi connectivity index (χ4n) is 3.10. The number of carbonyl (C=O) groups is 2. The maximum Gasteiger partial charge on any atom is 0.276 e. The summed E-state index contributed by atoms with van der Waals surface area (Å²) in [4.78, 5) is 29.6. The van der Waals surface area contributed by atoms with Crippen molar-refractivity contribution in [3.05, 3.63) is 62.0 Å². The Hall–Kier alpha value is -2.20. The zero-order valence-electron chi connectivity index (χ0n) is 20.9. The molecule has 0 saturated carbocycles. The number of nitrogens with zero attached hydrogens (tertiary/aromatic N) is 3. The molecule has 1 aromatic carbocycles. The number of piperazine rings is 1. The van der Waals surface area contributed by atoms with E-state index in [0.29, 0.717) is 12.3 Å². The lowest BCUT2D eigenvalue weighted by Gasteiger charge is -2.41. The van der Waals surface area contributed by atoms with Gasteiger partial charge in [-0.3, -0.25) is 9.59 Å². The predicted octanol–water partition coefficient (Wildman–Crippen LogP) is 6.36. The normalized spacial score (nSPS) is 17.6. The molecule has 2 unspecified atom stereocenters. The maximum atomic E-state index is 12.7. The standard InChI is InChI=1S/C17H18IN3O3.C5H6S.C4H10/c1-10-9-21(11(2)16(22)20(10)3)17(23)14-8-15(24-19-14)12-4-6-13(18)7-5-12;1-5-3-2-4-6-5;1-4(2)3/h4-8,10-11H,9H2,1-3H3;2-4H,1H3;4H,1-3H3. The van der Waals surface area contributed by atoms with Crippen LogP contribution in [0.3, 0.4) is 0 Å². The number of thiophene rings is 1. The lowest BCUT2D eigenvalue weighted by atomic mass is 10.1. The van der Waals surface area contributed by atoms with E-state index in [4.69, 9.17) is 4.52 Å². The molecule has 34 heavy (non-hydrogen) atoms. The summed E-state index contributed by atoms with van der Waals surface area (Å²) >= 11 is 4.00. The smallest absolute Gasteiger partial charge is 0.276 e. The summed E-state index contributed by atoms with van der Waals surface area (Å²) in [7, 11) is 1.76. The molecule has 1 aliphatic rings. The predicted molar refractivity (Wildman–Crippen MR) is 147 cm³/mol. The summed E-state index contributed by atoms with van der Waals surface area (Å²) in [6.07, 6.45) is 0. The van der Waals surface area contributed by atoms with Crippen LogP contribution in [-0.2, 0) is 4.79 Å². The first-order valence-electron chi connectivity index (χ1n) is 11.3. The van der Waals surface area contributed by atoms with Gasteiger partial charge in [0.05, 0.1) is 0 Å². The second kappa shape index (κ2) is 13.0. The summed E-state index contributed by atoms with van der Waals surface area (Å²) in [5, 5.41) is 5.98. The zero-order chi connectivity index (χ0) is 25.4. The van der Waals surface area contributed by atoms with E-state index in [0.717, 1.165) is 15.1 Å². The van der Waals surface area contributed by atoms with Crippen LogP contribution < -0.4 is 0 Å². The van der Waals surface area contributed by atoms with E-state index in [1.54, 1.807) is 41.2 Å². The van der Waals surface area contributed by atoms with Crippen LogP contribution in [0, 0.1) is 16.4 Å². The minimum atomic E-state index is -0.503. The Labute approximate surface area is 220 Å². The molecule has 1 aliphatic heterocycles. The Morgan fingerprint density at radius 1 is 1.18 bits per heavy atom. The molecule has 4 rings (SSSR count). The molecule has 2 amide bonds. The molecular formula is C26H34IN3O3S. The van der Waals surface area contributed by atoms with Gasteiger partial charge in [0, 0.05) is 39.7 Å². The number of hydrogen-bond donors (Lipinski definition) is 0. The molecule has 184 valence electrons. The summed E-state index contributed by atoms with van der Waals surface area (Å²) < 4.78 is 6.43. The number of aryl methyl sites for hydroxylation is 1. The third-order valence-corrected chi connectivity index (χ3v) is 6.60. The lowest BCUT2D eigenvalue weighted by molar-refractivity contribution is -0.140. The van der Waals surface area contributed by atoms with Crippen molar-refractivity contribution in [2.75, 3.05) is 13.6 Å². The summed E-state index contributed by atoms with van der Waals surface area (Å²) in [6, 6.07) is 13.0. The number of likely N-dealkylation sites (N-methyl/N-ethyl adjacent to an activating group) is 1. The van der Waals surface area contributed by atoms with Gasteiger partial charge < -0.3 is 14.3 Å². The quantitative estimate of drug-likeness (QED) is 0.324. The number of aromatic nitrogens is 1. The van der Waals surface area contributed by atoms with Gasteiger partial charge in [-0.2, -0.15) is 0 Å². The van der Waals surface area contributed by atoms with Crippen molar-refractivity contribution in [1.82, 2.24) is 15.0 Å². The zero-order valence-corrected chi connectivity index (χ0v) is 23.9. The molecule has 3 aromatic rings. The number of carbonyl (C=O) groups excluding carboxylic acids is 2. The third-order valence-electron chi connectivity index (χ3n) is 5.08. The van der Waals surface area contributed by atoms with Crippen molar-refractivity contribution in [1.29, 1.82) is 0 Å². The van der Waals surface area contributed by atoms with Crippen LogP contribution in [0.4, 0.5) is 0 Å². The molecule has 0 bridgehead atoms. The van der Waals surface area contributed by atoms with E-state index < -0.39 is 6.04 Å². The summed E-state index contributed by atoms with van der Waals surface area (Å²) in [6.45, 7) is 12.7. The van der Waals surface area contributed by atoms with E-state index in [1.165, 1.54) is 4.88 Å². The van der Waals surface area contributed by atoms with E-state index in [-0.39, 0.29) is 23.6 Å². The van der Waals surface area contributed by atoms with E-state index in [2.05, 4.69) is 73.0 Å². The van der Waals surface area contributed by atoms with Gasteiger partial charge in [-0.15, -0.1) is 11.3 Å². The van der Waals surface area contributed by atoms with Gasteiger partial charge in [0.2, 0.25) is 5.91 Å². The van der Waals surface area contributed by atoms with Crippen LogP contribution in [0.2, 0.25) is 0 Å². The Bertz CT molecular complexity index is 1040. The Morgan fingerprint density at radius 3 is 2.29 bits per heavy atom. The van der Waals surface area contributed by atoms with E-state index >= 15 is 0 Å². The van der Waals surface area contributed by atoms with Gasteiger partial charge in [0.25, 0.3) is 5.91 Å². The molecule has 1 fully saturated rings. The highest BCUT2D eigenvalue weighted by Gasteiger charge is 2.37. The summed E-state index contributed by atoms with van der Waals surface area (Å²) in [5.74, 6) is 1.02. The molecule has 0 aliphatic carbocycles. The SMILES string of the molecule is CC(C)C.CC1CN(C(=O)c2cc(-c3ccc(I)cc3)on2)C(C)C(=O)N1C.Cc1cccs1. The van der Waals surface area contributed by atoms with Gasteiger partial charge in [-0.05, 0) is 72.9 Å². The van der Waals surface area contributed by atoms with Gasteiger partial charge in [0.15, 0.2) is 11.5 Å². The number of halogens is 1. The second-order valence-electron chi connectivity index (χ2n) is 8.97. The van der Waals surface area contributed by atoms with Gasteiger partial charge in [0.1, 0.15) is 6.04 Å². The van der Waals surface area contributed by atoms with Gasteiger partial charge >= 0.3 is 0 Å². The molecule has 2 aromatic heterocycles. The molecular weight excluding hydrogens is 561 g/mol. The van der Waals surface area contributed by atoms with Crippen molar-refractivity contribution in [2.24, 2.45) is 5.92 Å². The maximum absolute atomic E-state index is 12.7. The number of rotatable bonds is 2. The molecule has 1 saturated heterocycles. The van der Waals surface area contributed by atoms with Crippen molar-refractivity contribution in [2.45, 2.75) is 53.6 Å². The van der Waals surface area contributed by atoms with Crippen molar-refractivity contribution in [3.8, 4) is 11.3 Å². The van der Waals surface area contributed by atoms with Crippen LogP contribution in [0.15, 0.2) is 52.4 Å². The highest BCUT2D eigenvalue weighted by atomic mass is 127. The Kier molecular flexibility index (Phi) is 10.8. The van der Waals surface area contributed by atoms with Crippen LogP contribution >= 0.6 is 33.9 Å². The first-order valence-corrected chi connectivity index (χ1v) is 13.3. The first-order chi connectivity index (χ1) is 16.0. The van der Waals surface area contributed by atoms with Gasteiger partial charge in [-0.25, -0.2) is 0 Å². The number of amides is 2. The van der Waals surface area contributed by atoms with Crippen LogP contribution in [0.1, 0.15) is 50.0 Å². The van der Waals surface area contributed by atoms with Crippen molar-refractivity contribution in [3.63, 3.8) is 0 Å². The minimum Gasteiger partial charge on any atom is -0.355 e. The van der Waals surface area contributed by atoms with E-state index in [1.807, 2.05) is 31.2 Å².